The maximum absolute atomic E-state index is 12.7. The second-order valence-corrected chi connectivity index (χ2v) is 22.4. The topological polar surface area (TPSA) is 246 Å². The van der Waals surface area contributed by atoms with Gasteiger partial charge in [0.25, 0.3) is 0 Å². The Kier molecular flexibility index (Phi) is 21.0. The van der Waals surface area contributed by atoms with Crippen LogP contribution in [0.4, 0.5) is 17.6 Å². The van der Waals surface area contributed by atoms with E-state index in [-0.39, 0.29) is 46.0 Å². The summed E-state index contributed by atoms with van der Waals surface area (Å²) in [6.07, 6.45) is 16.7. The summed E-state index contributed by atoms with van der Waals surface area (Å²) in [4.78, 5) is 69.5. The smallest absolute Gasteiger partial charge is 0.234 e. The quantitative estimate of drug-likeness (QED) is 0.0219. The normalized spacial score (nSPS) is 15.5. The van der Waals surface area contributed by atoms with Crippen molar-refractivity contribution >= 4 is 95.1 Å². The van der Waals surface area contributed by atoms with Gasteiger partial charge in [-0.15, -0.1) is 0 Å². The molecule has 0 radical (unpaired) electrons. The number of anilines is 1. The van der Waals surface area contributed by atoms with Gasteiger partial charge in [-0.05, 0) is 128 Å². The Bertz CT molecular complexity index is 3530. The maximum Gasteiger partial charge on any atom is 0.234 e. The Labute approximate surface area is 480 Å². The lowest BCUT2D eigenvalue weighted by atomic mass is 9.69. The number of carbonyl (C=O) groups excluding carboxylic acids is 4. The molecular formula is C62H67N7O8S3. The Morgan fingerprint density at radius 1 is 0.838 bits per heavy atom. The van der Waals surface area contributed by atoms with Crippen LogP contribution in [0.25, 0.3) is 5.76 Å². The van der Waals surface area contributed by atoms with Crippen molar-refractivity contribution in [2.75, 3.05) is 23.8 Å². The molecule has 0 saturated heterocycles. The number of aromatic amines is 2. The van der Waals surface area contributed by atoms with Crippen LogP contribution in [0.3, 0.4) is 0 Å². The molecule has 1 atom stereocenters. The number of nitrogens with two attached hydrogens (primary N) is 1. The van der Waals surface area contributed by atoms with Crippen LogP contribution in [-0.4, -0.2) is 88.9 Å². The summed E-state index contributed by atoms with van der Waals surface area (Å²) < 4.78 is 6.97. The average Bonchev–Trinajstić information content (AvgIpc) is 4.38. The molecule has 2 aromatic heterocycles. The van der Waals surface area contributed by atoms with Gasteiger partial charge in [-0.1, -0.05) is 112 Å². The summed E-state index contributed by atoms with van der Waals surface area (Å²) in [7, 11) is 0. The minimum absolute atomic E-state index is 0.00655. The van der Waals surface area contributed by atoms with Gasteiger partial charge in [0.2, 0.25) is 11.6 Å². The molecule has 15 nitrogen and oxygen atoms in total. The molecule has 0 fully saturated rings. The number of hydrogen-bond acceptors (Lipinski definition) is 16. The molecule has 0 spiro atoms. The number of H-pyrrole nitrogens is 2. The zero-order chi connectivity index (χ0) is 57.5. The zero-order valence-electron chi connectivity index (χ0n) is 45.6. The number of aromatic hydroxyl groups is 3. The van der Waals surface area contributed by atoms with Crippen LogP contribution in [0, 0.1) is 22.1 Å². The molecule has 1 unspecified atom stereocenters. The number of nitrogens with zero attached hydrogens (tertiary/aromatic N) is 4. The number of phenolic OH excluding ortho intramolecular Hbond substituents is 3. The highest BCUT2D eigenvalue weighted by atomic mass is 32.2. The number of ketones is 4. The molecule has 0 bridgehead atoms. The standard InChI is InChI=1S/C20H22O4.C19H20O3.C11H14OS.C6H6N4S.C6H5N3S/c1-14-6-7-15(12-19(14)23)4-2-3-5-17(21)10-8-16-9-11-18(22)20(24)13-16;1-10-9-22-18-12-6-7-13-11(5-4-8-19(13,2)3)15(12)17(21)16(20)14(10)18;1-10(12)9-13-8-7-11-5-3-2-4-6-11;7-6-9-4-3(1-2-8-4)5(11)10-6;10-6-4-1-2-7-5(4)8-3-9-6/h3,5-7,9,11-13,22-24H,2,4,8,10H2,1H3;6-7,10H,4-5,8-9H2,1-3H3;2-6H,7-9H2,1H3;2H,1H2,(H3,7,9,10,11);2-3H,1H2,(H,8,9,10)/b5-3+;;;;. The molecule has 6 aromatic rings. The SMILES string of the molecule is CC(=O)CSCCc1ccccc1.CC1COC2=C1C(=O)C(=O)c1c2ccc2c1CCCC2(C)C.Cc1ccc(CC/C=C/C(=O)CCc2ccc(O)c(O)c2)cc1O.Nc1nc(=S)c2c([nH]1)N=CC2.S=c1nc[nH]c2c1CC=N2. The van der Waals surface area contributed by atoms with Gasteiger partial charge in [-0.2, -0.15) is 11.8 Å². The Hall–Kier alpha value is -7.67. The summed E-state index contributed by atoms with van der Waals surface area (Å²) in [5.74, 6) is 3.84. The third kappa shape index (κ3) is 15.8. The lowest BCUT2D eigenvalue weighted by Crippen LogP contribution is -2.31. The fourth-order valence-corrected chi connectivity index (χ4v) is 10.9. The molecule has 416 valence electrons. The molecule has 11 rings (SSSR count). The molecule has 5 aliphatic rings. The molecule has 7 N–H and O–H groups in total. The number of fused-ring (bicyclic) bond motifs is 6. The number of benzene rings is 4. The lowest BCUT2D eigenvalue weighted by molar-refractivity contribution is -0.115. The summed E-state index contributed by atoms with van der Waals surface area (Å²) in [5, 5.41) is 28.3. The van der Waals surface area contributed by atoms with Gasteiger partial charge in [0.1, 0.15) is 38.2 Å². The van der Waals surface area contributed by atoms with Gasteiger partial charge in [-0.3, -0.25) is 19.2 Å². The predicted molar refractivity (Wildman–Crippen MR) is 322 cm³/mol. The number of nitrogens with one attached hydrogen (secondary N) is 2. The first-order chi connectivity index (χ1) is 38.3. The van der Waals surface area contributed by atoms with Gasteiger partial charge in [0, 0.05) is 59.9 Å². The van der Waals surface area contributed by atoms with Crippen molar-refractivity contribution in [1.82, 2.24) is 19.9 Å². The first-order valence-corrected chi connectivity index (χ1v) is 28.5. The van der Waals surface area contributed by atoms with E-state index < -0.39 is 0 Å². The highest BCUT2D eigenvalue weighted by molar-refractivity contribution is 7.99. The fourth-order valence-electron chi connectivity index (χ4n) is 9.58. The van der Waals surface area contributed by atoms with E-state index in [9.17, 15) is 34.5 Å². The highest BCUT2D eigenvalue weighted by Crippen LogP contribution is 2.45. The first-order valence-electron chi connectivity index (χ1n) is 26.5. The number of thioether (sulfide) groups is 1. The largest absolute Gasteiger partial charge is 0.508 e. The van der Waals surface area contributed by atoms with E-state index >= 15 is 0 Å². The summed E-state index contributed by atoms with van der Waals surface area (Å²) in [6, 6.07) is 24.7. The molecule has 2 aliphatic carbocycles. The molecule has 80 heavy (non-hydrogen) atoms. The predicted octanol–water partition coefficient (Wildman–Crippen LogP) is 12.2. The van der Waals surface area contributed by atoms with E-state index in [4.69, 9.17) is 34.9 Å². The van der Waals surface area contributed by atoms with Crippen molar-refractivity contribution in [1.29, 1.82) is 0 Å². The van der Waals surface area contributed by atoms with E-state index in [1.807, 2.05) is 62.5 Å². The van der Waals surface area contributed by atoms with E-state index in [1.54, 1.807) is 49.4 Å². The first kappa shape index (κ1) is 60.0. The minimum Gasteiger partial charge on any atom is -0.508 e. The number of aryl methyl sites for hydroxylation is 4. The molecular weight excluding hydrogens is 1070 g/mol. The van der Waals surface area contributed by atoms with Crippen LogP contribution in [0.15, 0.2) is 113 Å². The maximum atomic E-state index is 12.7. The Morgan fingerprint density at radius 3 is 2.25 bits per heavy atom. The lowest BCUT2D eigenvalue weighted by Gasteiger charge is -2.35. The third-order valence-electron chi connectivity index (χ3n) is 13.9. The summed E-state index contributed by atoms with van der Waals surface area (Å²) in [5.41, 5.74) is 15.8. The average molecular weight is 1130 g/mol. The summed E-state index contributed by atoms with van der Waals surface area (Å²) >= 11 is 11.6. The molecule has 0 saturated carbocycles. The van der Waals surface area contributed by atoms with Crippen molar-refractivity contribution < 1.29 is 39.2 Å². The van der Waals surface area contributed by atoms with Crippen LogP contribution >= 0.6 is 36.2 Å². The third-order valence-corrected chi connectivity index (χ3v) is 15.7. The number of allylic oxidation sites excluding steroid dienone is 2. The van der Waals surface area contributed by atoms with Crippen LogP contribution < -0.4 is 5.73 Å². The number of aliphatic imine (C=N–C) groups is 2. The second kappa shape index (κ2) is 28.0. The van der Waals surface area contributed by atoms with Gasteiger partial charge in [0.05, 0.1) is 24.3 Å². The number of phenols is 3. The van der Waals surface area contributed by atoms with Crippen molar-refractivity contribution in [2.45, 2.75) is 104 Å². The monoisotopic (exact) mass is 1130 g/mol. The number of ether oxygens (including phenoxy) is 1. The van der Waals surface area contributed by atoms with Gasteiger partial charge >= 0.3 is 0 Å². The number of hydrogen-bond donors (Lipinski definition) is 6. The van der Waals surface area contributed by atoms with E-state index in [2.05, 4.69) is 62.0 Å². The Balaban J connectivity index is 0.000000151. The molecule has 18 heteroatoms. The van der Waals surface area contributed by atoms with Crippen molar-refractivity contribution in [2.24, 2.45) is 15.9 Å². The van der Waals surface area contributed by atoms with Crippen LogP contribution in [0.5, 0.6) is 17.2 Å². The van der Waals surface area contributed by atoms with Gasteiger partial charge < -0.3 is 35.8 Å². The number of rotatable bonds is 12. The fraction of sp³-hybridized carbons (Fsp3) is 0.323. The zero-order valence-corrected chi connectivity index (χ0v) is 48.1. The van der Waals surface area contributed by atoms with Gasteiger partial charge in [0.15, 0.2) is 23.2 Å². The van der Waals surface area contributed by atoms with Crippen LogP contribution in [0.2, 0.25) is 0 Å². The van der Waals surface area contributed by atoms with Crippen molar-refractivity contribution in [3.05, 3.63) is 168 Å². The minimum atomic E-state index is -0.357. The van der Waals surface area contributed by atoms with Crippen molar-refractivity contribution in [3.8, 4) is 17.2 Å². The second-order valence-electron chi connectivity index (χ2n) is 20.5. The molecule has 3 aliphatic heterocycles. The Morgan fingerprint density at radius 2 is 1.54 bits per heavy atom. The number of Topliss-reactive ketones (excluding diaryl/α,β-unsaturated/α-hetero) is 3. The molecule has 4 aromatic carbocycles. The number of carbonyl (C=O) groups is 4. The van der Waals surface area contributed by atoms with Gasteiger partial charge in [-0.25, -0.2) is 20.0 Å². The van der Waals surface area contributed by atoms with E-state index in [0.29, 0.717) is 63.1 Å². The summed E-state index contributed by atoms with van der Waals surface area (Å²) in [6.45, 7) is 10.4. The van der Waals surface area contributed by atoms with E-state index in [0.717, 1.165) is 108 Å². The van der Waals surface area contributed by atoms with Crippen LogP contribution in [0.1, 0.15) is 114 Å². The molecule has 5 heterocycles. The van der Waals surface area contributed by atoms with Crippen molar-refractivity contribution in [3.63, 3.8) is 0 Å². The van der Waals surface area contributed by atoms with E-state index in [1.165, 1.54) is 23.3 Å². The van der Waals surface area contributed by atoms with Crippen LogP contribution in [-0.2, 0) is 63.1 Å². The highest BCUT2D eigenvalue weighted by Gasteiger charge is 2.43. The number of nitrogen functional groups attached to an aromatic ring is 1. The number of aromatic nitrogens is 4. The molecule has 0 amide bonds.